The lowest BCUT2D eigenvalue weighted by atomic mass is 10.0. The molecular formula is C51H43FN6O5. The van der Waals surface area contributed by atoms with Crippen LogP contribution in [0.15, 0.2) is 180 Å². The number of ether oxygens (including phenoxy) is 1. The van der Waals surface area contributed by atoms with Crippen molar-refractivity contribution in [3.8, 4) is 28.1 Å². The fourth-order valence-electron chi connectivity index (χ4n) is 7.42. The molecule has 0 saturated heterocycles. The Bertz CT molecular complexity index is 3360. The fourth-order valence-corrected chi connectivity index (χ4v) is 7.42. The molecule has 63 heavy (non-hydrogen) atoms. The molecule has 10 rings (SSSR count). The van der Waals surface area contributed by atoms with Crippen molar-refractivity contribution in [1.82, 2.24) is 19.1 Å². The number of alkyl halides is 1. The number of nitrogens with two attached hydrogens (primary N) is 1. The van der Waals surface area contributed by atoms with E-state index in [0.717, 1.165) is 60.5 Å². The predicted octanol–water partition coefficient (Wildman–Crippen LogP) is 10.0. The van der Waals surface area contributed by atoms with E-state index < -0.39 is 7.15 Å². The zero-order valence-electron chi connectivity index (χ0n) is 35.3. The maximum Gasteiger partial charge on any atom is 0.299 e. The van der Waals surface area contributed by atoms with Crippen molar-refractivity contribution in [2.24, 2.45) is 14.1 Å². The molecule has 1 amide bonds. The normalized spacial score (nSPS) is 10.7. The first-order chi connectivity index (χ1) is 31.1. The van der Waals surface area contributed by atoms with E-state index in [1.54, 1.807) is 12.4 Å². The molecule has 4 heterocycles. The minimum Gasteiger partial charge on any atom is -0.411 e. The predicted molar refractivity (Wildman–Crippen MR) is 252 cm³/mol. The second-order valence-corrected chi connectivity index (χ2v) is 14.3. The molecule has 0 aliphatic rings. The van der Waals surface area contributed by atoms with Gasteiger partial charge in [-0.3, -0.25) is 23.6 Å². The average Bonchev–Trinajstić information content (AvgIpc) is 3.83. The van der Waals surface area contributed by atoms with Gasteiger partial charge in [0.25, 0.3) is 23.5 Å². The lowest BCUT2D eigenvalue weighted by Gasteiger charge is -2.09. The highest BCUT2D eigenvalue weighted by Crippen LogP contribution is 2.29. The van der Waals surface area contributed by atoms with Crippen molar-refractivity contribution in [2.75, 3.05) is 18.2 Å². The van der Waals surface area contributed by atoms with Crippen LogP contribution in [0.25, 0.3) is 65.6 Å². The number of aromatic amines is 2. The molecule has 0 radical (unpaired) electrons. The van der Waals surface area contributed by atoms with Crippen LogP contribution >= 0.6 is 0 Å². The summed E-state index contributed by atoms with van der Waals surface area (Å²) in [5.41, 5.74) is 13.6. The zero-order chi connectivity index (χ0) is 45.2. The molecule has 4 aromatic heterocycles. The number of para-hydroxylation sites is 2. The largest absolute Gasteiger partial charge is 0.411 e. The summed E-state index contributed by atoms with van der Waals surface area (Å²) in [5.74, 6) is 0.409. The number of aromatic nitrogens is 4. The van der Waals surface area contributed by atoms with Gasteiger partial charge in [-0.25, -0.2) is 0 Å². The van der Waals surface area contributed by atoms with E-state index in [1.165, 1.54) is 0 Å². The van der Waals surface area contributed by atoms with Gasteiger partial charge < -0.3 is 34.9 Å². The van der Waals surface area contributed by atoms with Gasteiger partial charge in [0, 0.05) is 82.1 Å². The maximum atomic E-state index is 12.8. The first-order valence-corrected chi connectivity index (χ1v) is 19.6. The van der Waals surface area contributed by atoms with E-state index in [0.29, 0.717) is 34.5 Å². The molecule has 10 aromatic rings. The second-order valence-electron chi connectivity index (χ2n) is 14.3. The molecule has 6 aromatic carbocycles. The molecule has 5 N–H and O–H groups in total. The lowest BCUT2D eigenvalue weighted by Crippen LogP contribution is -2.15. The number of anilines is 2. The number of benzene rings is 6. The first kappa shape index (κ1) is 41.2. The fraction of sp³-hybridized carbons (Fsp3) is 0.0588. The smallest absolute Gasteiger partial charge is 0.299 e. The average molecular weight is 840 g/mol. The number of pyridine rings is 2. The number of carbonyl (C=O) groups excluding carboxylic acids is 2. The van der Waals surface area contributed by atoms with Crippen LogP contribution in [0.4, 0.5) is 15.8 Å². The van der Waals surface area contributed by atoms with Crippen LogP contribution in [0.1, 0.15) is 11.9 Å². The minimum atomic E-state index is -1.00. The second kappa shape index (κ2) is 19.3. The Hall–Kier alpha value is -8.51. The van der Waals surface area contributed by atoms with Gasteiger partial charge in [-0.2, -0.15) is 0 Å². The monoisotopic (exact) mass is 839 g/mol. The van der Waals surface area contributed by atoms with E-state index in [-0.39, 0.29) is 17.0 Å². The van der Waals surface area contributed by atoms with Gasteiger partial charge >= 0.3 is 0 Å². The summed E-state index contributed by atoms with van der Waals surface area (Å²) in [6, 6.07) is 49.9. The third kappa shape index (κ3) is 9.15. The number of H-pyrrole nitrogens is 2. The summed E-state index contributed by atoms with van der Waals surface area (Å²) in [5, 5.41) is 8.27. The number of carbonyl (C=O) groups is 2. The van der Waals surface area contributed by atoms with E-state index in [2.05, 4.69) is 15.3 Å². The standard InChI is InChI=1S/C25H19N3O2.C15H12N2O.C10H9NO2.CH3F/c1-28-22-9-5-2-6-17(22)14-23(28)25(30)27-18-12-10-16(11-13-18)21-15-26-24(29)20-8-4-3-7-19(20)21;16-11-7-5-10(6-8-11)14-9-17-15(18)13-4-2-1-3-12(13)14;1-11-9-5-3-2-4-8(9)6-10(11)13-7-12;1-2/h2-15H,1H3,(H,26,29)(H,27,30);1-9H,16H2,(H,17,18);2-7H,1H3;1H3/i;;;1D. The molecule has 12 heteroatoms. The number of rotatable bonds is 6. The van der Waals surface area contributed by atoms with Crippen molar-refractivity contribution >= 4 is 67.1 Å². The van der Waals surface area contributed by atoms with Crippen molar-refractivity contribution in [2.45, 2.75) is 0 Å². The number of hydrogen-bond donors (Lipinski definition) is 4. The summed E-state index contributed by atoms with van der Waals surface area (Å²) in [6.45, 7) is 0.439. The Morgan fingerprint density at radius 1 is 0.651 bits per heavy atom. The van der Waals surface area contributed by atoms with Gasteiger partial charge in [-0.1, -0.05) is 97.1 Å². The SMILES string of the molecule is Cn1c(C(=O)Nc2ccc(-c3c[nH]c(=O)c4ccccc34)cc2)cc2ccccc21.Cn1c(OC=O)cc2ccccc21.Nc1ccc(-c2c[nH]c(=O)c3ccccc23)cc1.[2H]CF. The molecule has 0 bridgehead atoms. The Morgan fingerprint density at radius 3 is 1.59 bits per heavy atom. The maximum absolute atomic E-state index is 12.8. The van der Waals surface area contributed by atoms with E-state index in [4.69, 9.17) is 11.8 Å². The molecule has 0 saturated carbocycles. The highest BCUT2D eigenvalue weighted by atomic mass is 19.1. The Morgan fingerprint density at radius 2 is 1.10 bits per heavy atom. The molecule has 314 valence electrons. The minimum absolute atomic E-state index is 0.0650. The topological polar surface area (TPSA) is 157 Å². The third-order valence-corrected chi connectivity index (χ3v) is 10.6. The number of halogens is 1. The Kier molecular flexibility index (Phi) is 12.6. The molecule has 0 unspecified atom stereocenters. The molecule has 0 atom stereocenters. The lowest BCUT2D eigenvalue weighted by molar-refractivity contribution is -0.121. The molecule has 0 aliphatic heterocycles. The van der Waals surface area contributed by atoms with Crippen LogP contribution in [0.3, 0.4) is 0 Å². The summed E-state index contributed by atoms with van der Waals surface area (Å²) < 4.78 is 24.0. The van der Waals surface area contributed by atoms with Crippen molar-refractivity contribution in [3.63, 3.8) is 0 Å². The van der Waals surface area contributed by atoms with Crippen molar-refractivity contribution in [1.29, 1.82) is 0 Å². The number of amides is 1. The highest BCUT2D eigenvalue weighted by molar-refractivity contribution is 6.06. The van der Waals surface area contributed by atoms with E-state index >= 15 is 0 Å². The first-order valence-electron chi connectivity index (χ1n) is 20.4. The van der Waals surface area contributed by atoms with Gasteiger partial charge in [0.2, 0.25) is 5.88 Å². The Balaban J connectivity index is 0.000000152. The summed E-state index contributed by atoms with van der Waals surface area (Å²) in [7, 11) is 2.75. The molecule has 0 aliphatic carbocycles. The van der Waals surface area contributed by atoms with Crippen LogP contribution in [0.5, 0.6) is 5.88 Å². The molecule has 11 nitrogen and oxygen atoms in total. The van der Waals surface area contributed by atoms with Crippen LogP contribution in [-0.4, -0.2) is 38.6 Å². The number of nitrogen functional groups attached to an aromatic ring is 1. The van der Waals surface area contributed by atoms with Crippen LogP contribution in [0, 0.1) is 0 Å². The van der Waals surface area contributed by atoms with E-state index in [9.17, 15) is 23.6 Å². The van der Waals surface area contributed by atoms with Crippen molar-refractivity contribution in [3.05, 3.63) is 197 Å². The highest BCUT2D eigenvalue weighted by Gasteiger charge is 2.14. The van der Waals surface area contributed by atoms with Crippen LogP contribution < -0.4 is 26.9 Å². The third-order valence-electron chi connectivity index (χ3n) is 10.6. The van der Waals surface area contributed by atoms with Gasteiger partial charge in [0.1, 0.15) is 5.69 Å². The summed E-state index contributed by atoms with van der Waals surface area (Å²) in [6.07, 6.45) is 3.48. The van der Waals surface area contributed by atoms with Crippen LogP contribution in [0.2, 0.25) is 0 Å². The van der Waals surface area contributed by atoms with E-state index in [1.807, 2.05) is 181 Å². The summed E-state index contributed by atoms with van der Waals surface area (Å²) >= 11 is 0. The van der Waals surface area contributed by atoms with Gasteiger partial charge in [0.05, 0.1) is 14.0 Å². The van der Waals surface area contributed by atoms with Gasteiger partial charge in [-0.05, 0) is 76.5 Å². The number of hydrogen-bond acceptors (Lipinski definition) is 6. The van der Waals surface area contributed by atoms with Crippen LogP contribution in [-0.2, 0) is 18.9 Å². The number of fused-ring (bicyclic) bond motifs is 4. The molecule has 0 fully saturated rings. The van der Waals surface area contributed by atoms with Gasteiger partial charge in [0.15, 0.2) is 0 Å². The number of nitrogens with zero attached hydrogens (tertiary/aromatic N) is 2. The molecule has 0 spiro atoms. The zero-order valence-corrected chi connectivity index (χ0v) is 34.3. The molecular weight excluding hydrogens is 796 g/mol. The number of nitrogens with one attached hydrogen (secondary N) is 3. The van der Waals surface area contributed by atoms with Crippen molar-refractivity contribution < 1.29 is 20.1 Å². The quantitative estimate of drug-likeness (QED) is 0.0965. The number of aryl methyl sites for hydroxylation is 2. The van der Waals surface area contributed by atoms with Gasteiger partial charge in [-0.15, -0.1) is 0 Å². The summed E-state index contributed by atoms with van der Waals surface area (Å²) in [4.78, 5) is 52.3. The Labute approximate surface area is 362 Å².